The summed E-state index contributed by atoms with van der Waals surface area (Å²) >= 11 is 7.07. The number of hydrogen-bond donors (Lipinski definition) is 2. The molecule has 0 atom stereocenters. The molecule has 0 aromatic heterocycles. The summed E-state index contributed by atoms with van der Waals surface area (Å²) in [4.78, 5) is 0. The van der Waals surface area contributed by atoms with Crippen molar-refractivity contribution in [2.45, 2.75) is 32.7 Å². The van der Waals surface area contributed by atoms with E-state index in [1.165, 1.54) is 12.8 Å². The third-order valence-electron chi connectivity index (χ3n) is 3.79. The van der Waals surface area contributed by atoms with Gasteiger partial charge in [-0.25, -0.2) is 0 Å². The lowest BCUT2D eigenvalue weighted by Crippen LogP contribution is -2.24. The number of rotatable bonds is 8. The molecule has 1 aliphatic carbocycles. The highest BCUT2D eigenvalue weighted by atomic mass is 79.9. The second-order valence-corrected chi connectivity index (χ2v) is 7.16. The van der Waals surface area contributed by atoms with Crippen LogP contribution in [0.25, 0.3) is 0 Å². The maximum absolute atomic E-state index is 9.08. The average Bonchev–Trinajstić information content (AvgIpc) is 3.14. The quantitative estimate of drug-likeness (QED) is 0.688. The van der Waals surface area contributed by atoms with Crippen molar-refractivity contribution in [1.29, 1.82) is 0 Å². The minimum Gasteiger partial charge on any atom is -0.492 e. The van der Waals surface area contributed by atoms with Gasteiger partial charge in [0.25, 0.3) is 0 Å². The van der Waals surface area contributed by atoms with E-state index >= 15 is 0 Å². The van der Waals surface area contributed by atoms with Crippen LogP contribution in [0.2, 0.25) is 0 Å². The van der Waals surface area contributed by atoms with Crippen LogP contribution < -0.4 is 10.1 Å². The van der Waals surface area contributed by atoms with Gasteiger partial charge in [0.15, 0.2) is 0 Å². The maximum atomic E-state index is 9.08. The highest BCUT2D eigenvalue weighted by Crippen LogP contribution is 2.48. The van der Waals surface area contributed by atoms with Gasteiger partial charge in [-0.3, -0.25) is 0 Å². The van der Waals surface area contributed by atoms with Gasteiger partial charge in [-0.1, -0.05) is 15.9 Å². The van der Waals surface area contributed by atoms with Crippen LogP contribution in [0, 0.1) is 5.41 Å². The van der Waals surface area contributed by atoms with Crippen LogP contribution in [-0.4, -0.2) is 24.9 Å². The van der Waals surface area contributed by atoms with Crippen LogP contribution in [0.1, 0.15) is 31.7 Å². The summed E-state index contributed by atoms with van der Waals surface area (Å²) in [6.07, 6.45) is 3.35. The van der Waals surface area contributed by atoms with E-state index in [0.29, 0.717) is 12.0 Å². The molecule has 1 aromatic carbocycles. The van der Waals surface area contributed by atoms with E-state index in [1.807, 2.05) is 13.0 Å². The molecule has 0 spiro atoms. The van der Waals surface area contributed by atoms with E-state index < -0.39 is 0 Å². The molecule has 2 rings (SSSR count). The molecule has 3 nitrogen and oxygen atoms in total. The molecule has 0 bridgehead atoms. The first kappa shape index (κ1) is 16.3. The first-order valence-corrected chi connectivity index (χ1v) is 8.61. The van der Waals surface area contributed by atoms with E-state index in [0.717, 1.165) is 39.8 Å². The number of aliphatic hydroxyl groups is 1. The predicted octanol–water partition coefficient (Wildman–Crippen LogP) is 3.86. The Morgan fingerprint density at radius 3 is 2.70 bits per heavy atom. The molecule has 0 aliphatic heterocycles. The Labute approximate surface area is 137 Å². The van der Waals surface area contributed by atoms with Crippen molar-refractivity contribution in [3.05, 3.63) is 26.6 Å². The number of aliphatic hydroxyl groups excluding tert-OH is 1. The van der Waals surface area contributed by atoms with Crippen molar-refractivity contribution in [3.8, 4) is 5.75 Å². The predicted molar refractivity (Wildman–Crippen MR) is 88.1 cm³/mol. The zero-order valence-corrected chi connectivity index (χ0v) is 14.9. The Balaban J connectivity index is 1.98. The Morgan fingerprint density at radius 1 is 1.35 bits per heavy atom. The summed E-state index contributed by atoms with van der Waals surface area (Å²) in [6.45, 7) is 4.67. The topological polar surface area (TPSA) is 41.5 Å². The highest BCUT2D eigenvalue weighted by molar-refractivity contribution is 9.11. The van der Waals surface area contributed by atoms with Crippen molar-refractivity contribution < 1.29 is 9.84 Å². The number of ether oxygens (including phenoxy) is 1. The summed E-state index contributed by atoms with van der Waals surface area (Å²) in [5, 5.41) is 12.6. The Bertz CT molecular complexity index is 461. The molecule has 0 amide bonds. The van der Waals surface area contributed by atoms with E-state index in [9.17, 15) is 0 Å². The molecule has 0 unspecified atom stereocenters. The van der Waals surface area contributed by atoms with Crippen molar-refractivity contribution in [1.82, 2.24) is 5.32 Å². The molecular formula is C15H21Br2NO2. The van der Waals surface area contributed by atoms with Crippen LogP contribution in [0.3, 0.4) is 0 Å². The van der Waals surface area contributed by atoms with Gasteiger partial charge in [0.2, 0.25) is 0 Å². The van der Waals surface area contributed by atoms with Crippen molar-refractivity contribution in [2.24, 2.45) is 5.41 Å². The summed E-state index contributed by atoms with van der Waals surface area (Å²) in [7, 11) is 0. The molecular weight excluding hydrogens is 386 g/mol. The van der Waals surface area contributed by atoms with Gasteiger partial charge in [0.1, 0.15) is 5.75 Å². The summed E-state index contributed by atoms with van der Waals surface area (Å²) in [6, 6.07) is 4.09. The molecule has 112 valence electrons. The van der Waals surface area contributed by atoms with E-state index in [-0.39, 0.29) is 6.61 Å². The van der Waals surface area contributed by atoms with Gasteiger partial charge in [0.05, 0.1) is 11.1 Å². The average molecular weight is 407 g/mol. The standard InChI is InChI=1S/C15H21Br2NO2/c1-2-20-14-11(7-12(16)8-13(14)17)9-18-10-15(3-4-15)5-6-19/h7-8,18-19H,2-6,9-10H2,1H3. The third-order valence-corrected chi connectivity index (χ3v) is 4.84. The van der Waals surface area contributed by atoms with Crippen molar-refractivity contribution >= 4 is 31.9 Å². The van der Waals surface area contributed by atoms with Crippen LogP contribution in [0.5, 0.6) is 5.75 Å². The van der Waals surface area contributed by atoms with Gasteiger partial charge >= 0.3 is 0 Å². The van der Waals surface area contributed by atoms with Gasteiger partial charge < -0.3 is 15.2 Å². The minimum absolute atomic E-state index is 0.286. The summed E-state index contributed by atoms with van der Waals surface area (Å²) < 4.78 is 7.74. The van der Waals surface area contributed by atoms with Crippen LogP contribution in [0.4, 0.5) is 0 Å². The van der Waals surface area contributed by atoms with E-state index in [2.05, 4.69) is 43.2 Å². The molecule has 0 saturated heterocycles. The van der Waals surface area contributed by atoms with E-state index in [1.54, 1.807) is 0 Å². The first-order chi connectivity index (χ1) is 9.60. The van der Waals surface area contributed by atoms with Crippen LogP contribution >= 0.6 is 31.9 Å². The van der Waals surface area contributed by atoms with Crippen LogP contribution in [-0.2, 0) is 6.54 Å². The Hall–Kier alpha value is -0.100. The zero-order valence-electron chi connectivity index (χ0n) is 11.7. The number of nitrogens with one attached hydrogen (secondary N) is 1. The second-order valence-electron chi connectivity index (χ2n) is 5.39. The van der Waals surface area contributed by atoms with Crippen LogP contribution in [0.15, 0.2) is 21.1 Å². The second kappa shape index (κ2) is 7.25. The number of hydrogen-bond acceptors (Lipinski definition) is 3. The highest BCUT2D eigenvalue weighted by Gasteiger charge is 2.41. The molecule has 0 heterocycles. The SMILES string of the molecule is CCOc1c(Br)cc(Br)cc1CNCC1(CCO)CC1. The minimum atomic E-state index is 0.286. The molecule has 1 aromatic rings. The fourth-order valence-electron chi connectivity index (χ4n) is 2.44. The fraction of sp³-hybridized carbons (Fsp3) is 0.600. The van der Waals surface area contributed by atoms with Crippen molar-refractivity contribution in [2.75, 3.05) is 19.8 Å². The van der Waals surface area contributed by atoms with Gasteiger partial charge in [-0.2, -0.15) is 0 Å². The molecule has 5 heteroatoms. The molecule has 1 aliphatic rings. The Morgan fingerprint density at radius 2 is 2.10 bits per heavy atom. The molecule has 1 fully saturated rings. The molecule has 20 heavy (non-hydrogen) atoms. The monoisotopic (exact) mass is 405 g/mol. The van der Waals surface area contributed by atoms with Gasteiger partial charge in [0, 0.05) is 29.7 Å². The zero-order chi connectivity index (χ0) is 14.6. The molecule has 1 saturated carbocycles. The maximum Gasteiger partial charge on any atom is 0.138 e. The summed E-state index contributed by atoms with van der Waals surface area (Å²) in [5.41, 5.74) is 1.48. The number of halogens is 2. The fourth-order valence-corrected chi connectivity index (χ4v) is 3.87. The molecule has 0 radical (unpaired) electrons. The Kier molecular flexibility index (Phi) is 5.90. The normalized spacial score (nSPS) is 16.2. The third kappa shape index (κ3) is 4.20. The lowest BCUT2D eigenvalue weighted by atomic mass is 10.0. The van der Waals surface area contributed by atoms with Gasteiger partial charge in [-0.15, -0.1) is 0 Å². The summed E-state index contributed by atoms with van der Waals surface area (Å²) in [5.74, 6) is 0.912. The molecule has 2 N–H and O–H groups in total. The lowest BCUT2D eigenvalue weighted by Gasteiger charge is -2.17. The van der Waals surface area contributed by atoms with Gasteiger partial charge in [-0.05, 0) is 59.7 Å². The largest absolute Gasteiger partial charge is 0.492 e. The lowest BCUT2D eigenvalue weighted by molar-refractivity contribution is 0.245. The number of benzene rings is 1. The first-order valence-electron chi connectivity index (χ1n) is 7.02. The smallest absolute Gasteiger partial charge is 0.138 e. The van der Waals surface area contributed by atoms with E-state index in [4.69, 9.17) is 9.84 Å². The van der Waals surface area contributed by atoms with Crippen molar-refractivity contribution in [3.63, 3.8) is 0 Å².